The summed E-state index contributed by atoms with van der Waals surface area (Å²) < 4.78 is 47.2. The van der Waals surface area contributed by atoms with Crippen LogP contribution in [0.3, 0.4) is 0 Å². The summed E-state index contributed by atoms with van der Waals surface area (Å²) >= 11 is 0. The Kier molecular flexibility index (Phi) is 5.44. The normalized spacial score (nSPS) is 11.3. The van der Waals surface area contributed by atoms with Crippen molar-refractivity contribution in [3.05, 3.63) is 53.2 Å². The zero-order chi connectivity index (χ0) is 16.9. The Morgan fingerprint density at radius 3 is 2.43 bits per heavy atom. The van der Waals surface area contributed by atoms with E-state index in [4.69, 9.17) is 9.47 Å². The maximum absolute atomic E-state index is 12.3. The average molecular weight is 327 g/mol. The monoisotopic (exact) mass is 327 g/mol. The van der Waals surface area contributed by atoms with Crippen LogP contribution in [0.15, 0.2) is 36.4 Å². The number of hydrogen-bond acceptors (Lipinski definition) is 4. The van der Waals surface area contributed by atoms with Gasteiger partial charge >= 0.3 is 6.18 Å². The molecule has 124 valence electrons. The van der Waals surface area contributed by atoms with E-state index in [1.807, 2.05) is 30.3 Å². The first-order valence-electron chi connectivity index (χ1n) is 6.86. The van der Waals surface area contributed by atoms with Crippen molar-refractivity contribution in [3.8, 4) is 11.6 Å². The zero-order valence-electron chi connectivity index (χ0n) is 12.4. The second kappa shape index (κ2) is 7.32. The van der Waals surface area contributed by atoms with Gasteiger partial charge in [0.1, 0.15) is 12.4 Å². The van der Waals surface area contributed by atoms with E-state index in [1.165, 1.54) is 6.07 Å². The zero-order valence-corrected chi connectivity index (χ0v) is 12.4. The molecule has 1 aromatic carbocycles. The van der Waals surface area contributed by atoms with Crippen LogP contribution < -0.4 is 9.47 Å². The molecule has 0 bridgehead atoms. The number of aromatic nitrogens is 1. The molecular weight excluding hydrogens is 311 g/mol. The van der Waals surface area contributed by atoms with Crippen molar-refractivity contribution < 1.29 is 27.8 Å². The van der Waals surface area contributed by atoms with Gasteiger partial charge in [-0.2, -0.15) is 13.2 Å². The van der Waals surface area contributed by atoms with Gasteiger partial charge in [0.15, 0.2) is 6.61 Å². The molecule has 0 radical (unpaired) electrons. The highest BCUT2D eigenvalue weighted by atomic mass is 19.4. The highest BCUT2D eigenvalue weighted by molar-refractivity contribution is 5.41. The standard InChI is InChI=1S/C16H16F3NO3/c1-11-7-14(23-10-16(17,18)19)13(8-21)15(20-11)22-9-12-5-3-2-4-6-12/h2-7,21H,8-10H2,1H3. The van der Waals surface area contributed by atoms with Gasteiger partial charge in [0.05, 0.1) is 12.2 Å². The minimum absolute atomic E-state index is 0.0635. The molecule has 0 amide bonds. The summed E-state index contributed by atoms with van der Waals surface area (Å²) in [7, 11) is 0. The molecule has 23 heavy (non-hydrogen) atoms. The fraction of sp³-hybridized carbons (Fsp3) is 0.312. The SMILES string of the molecule is Cc1cc(OCC(F)(F)F)c(CO)c(OCc2ccccc2)n1. The van der Waals surface area contributed by atoms with Gasteiger partial charge in [0.2, 0.25) is 5.88 Å². The van der Waals surface area contributed by atoms with E-state index in [1.54, 1.807) is 6.92 Å². The van der Waals surface area contributed by atoms with Crippen LogP contribution in [-0.4, -0.2) is 22.9 Å². The molecule has 0 saturated carbocycles. The highest BCUT2D eigenvalue weighted by Gasteiger charge is 2.29. The van der Waals surface area contributed by atoms with Crippen molar-refractivity contribution >= 4 is 0 Å². The van der Waals surface area contributed by atoms with Crippen molar-refractivity contribution in [2.75, 3.05) is 6.61 Å². The van der Waals surface area contributed by atoms with E-state index in [9.17, 15) is 18.3 Å². The van der Waals surface area contributed by atoms with Gasteiger partial charge < -0.3 is 14.6 Å². The van der Waals surface area contributed by atoms with Gasteiger partial charge in [-0.15, -0.1) is 0 Å². The van der Waals surface area contributed by atoms with E-state index in [0.717, 1.165) is 5.56 Å². The van der Waals surface area contributed by atoms with E-state index in [2.05, 4.69) is 4.98 Å². The van der Waals surface area contributed by atoms with Gasteiger partial charge in [0.25, 0.3) is 0 Å². The number of aliphatic hydroxyl groups is 1. The molecule has 0 fully saturated rings. The molecule has 2 aromatic rings. The molecule has 0 aliphatic rings. The maximum Gasteiger partial charge on any atom is 0.422 e. The summed E-state index contributed by atoms with van der Waals surface area (Å²) in [5, 5.41) is 9.44. The Balaban J connectivity index is 2.19. The summed E-state index contributed by atoms with van der Waals surface area (Å²) in [6.45, 7) is -0.188. The first-order chi connectivity index (χ1) is 10.9. The van der Waals surface area contributed by atoms with Gasteiger partial charge in [-0.05, 0) is 12.5 Å². The summed E-state index contributed by atoms with van der Waals surface area (Å²) in [4.78, 5) is 4.12. The van der Waals surface area contributed by atoms with Gasteiger partial charge in [0, 0.05) is 11.8 Å². The number of pyridine rings is 1. The van der Waals surface area contributed by atoms with Crippen LogP contribution in [0.2, 0.25) is 0 Å². The Labute approximate surface area is 131 Å². The number of rotatable bonds is 6. The van der Waals surface area contributed by atoms with Gasteiger partial charge in [-0.3, -0.25) is 0 Å². The molecule has 0 aliphatic carbocycles. The second-order valence-electron chi connectivity index (χ2n) is 4.88. The minimum Gasteiger partial charge on any atom is -0.483 e. The third-order valence-electron chi connectivity index (χ3n) is 2.94. The summed E-state index contributed by atoms with van der Waals surface area (Å²) in [6, 6.07) is 10.6. The predicted molar refractivity (Wildman–Crippen MR) is 77.2 cm³/mol. The Hall–Kier alpha value is -2.28. The Bertz CT molecular complexity index is 645. The van der Waals surface area contributed by atoms with E-state index in [-0.39, 0.29) is 23.8 Å². The largest absolute Gasteiger partial charge is 0.483 e. The van der Waals surface area contributed by atoms with E-state index >= 15 is 0 Å². The number of hydrogen-bond donors (Lipinski definition) is 1. The second-order valence-corrected chi connectivity index (χ2v) is 4.88. The average Bonchev–Trinajstić information content (AvgIpc) is 2.51. The van der Waals surface area contributed by atoms with Crippen LogP contribution in [0.25, 0.3) is 0 Å². The molecule has 1 N–H and O–H groups in total. The van der Waals surface area contributed by atoms with Crippen LogP contribution in [0.4, 0.5) is 13.2 Å². The van der Waals surface area contributed by atoms with Crippen molar-refractivity contribution in [2.45, 2.75) is 26.3 Å². The molecule has 0 aliphatic heterocycles. The molecule has 1 heterocycles. The summed E-state index contributed by atoms with van der Waals surface area (Å²) in [5.74, 6) is -0.0195. The molecule has 4 nitrogen and oxygen atoms in total. The number of aliphatic hydroxyl groups excluding tert-OH is 1. The number of aryl methyl sites for hydroxylation is 1. The lowest BCUT2D eigenvalue weighted by molar-refractivity contribution is -0.153. The number of ether oxygens (including phenoxy) is 2. The summed E-state index contributed by atoms with van der Waals surface area (Å²) in [6.07, 6.45) is -4.46. The molecule has 0 saturated heterocycles. The maximum atomic E-state index is 12.3. The van der Waals surface area contributed by atoms with Crippen LogP contribution in [0.5, 0.6) is 11.6 Å². The number of halogens is 3. The highest BCUT2D eigenvalue weighted by Crippen LogP contribution is 2.30. The minimum atomic E-state index is -4.46. The molecule has 7 heteroatoms. The van der Waals surface area contributed by atoms with E-state index < -0.39 is 19.4 Å². The third kappa shape index (κ3) is 5.14. The van der Waals surface area contributed by atoms with Crippen LogP contribution in [0, 0.1) is 6.92 Å². The van der Waals surface area contributed by atoms with Crippen molar-refractivity contribution in [1.29, 1.82) is 0 Å². The Morgan fingerprint density at radius 2 is 1.83 bits per heavy atom. The lowest BCUT2D eigenvalue weighted by Gasteiger charge is -2.16. The van der Waals surface area contributed by atoms with Gasteiger partial charge in [-0.1, -0.05) is 30.3 Å². The fourth-order valence-electron chi connectivity index (χ4n) is 1.92. The molecule has 1 aromatic heterocycles. The predicted octanol–water partition coefficient (Wildman–Crippen LogP) is 3.40. The Morgan fingerprint density at radius 1 is 1.13 bits per heavy atom. The lowest BCUT2D eigenvalue weighted by Crippen LogP contribution is -2.20. The molecule has 0 atom stereocenters. The van der Waals surface area contributed by atoms with Crippen molar-refractivity contribution in [2.24, 2.45) is 0 Å². The van der Waals surface area contributed by atoms with E-state index in [0.29, 0.717) is 5.69 Å². The summed E-state index contributed by atoms with van der Waals surface area (Å²) in [5.41, 5.74) is 1.40. The molecule has 0 spiro atoms. The van der Waals surface area contributed by atoms with Crippen LogP contribution in [0.1, 0.15) is 16.8 Å². The molecule has 2 rings (SSSR count). The lowest BCUT2D eigenvalue weighted by atomic mass is 10.2. The fourth-order valence-corrected chi connectivity index (χ4v) is 1.92. The topological polar surface area (TPSA) is 51.6 Å². The number of benzene rings is 1. The quantitative estimate of drug-likeness (QED) is 0.883. The van der Waals surface area contributed by atoms with Crippen LogP contribution in [-0.2, 0) is 13.2 Å². The molecular formula is C16H16F3NO3. The van der Waals surface area contributed by atoms with Crippen LogP contribution >= 0.6 is 0 Å². The van der Waals surface area contributed by atoms with Crippen molar-refractivity contribution in [1.82, 2.24) is 4.98 Å². The first kappa shape index (κ1) is 17.1. The van der Waals surface area contributed by atoms with Gasteiger partial charge in [-0.25, -0.2) is 4.98 Å². The molecule has 0 unspecified atom stereocenters. The number of nitrogens with zero attached hydrogens (tertiary/aromatic N) is 1. The smallest absolute Gasteiger partial charge is 0.422 e. The first-order valence-corrected chi connectivity index (χ1v) is 6.86. The number of alkyl halides is 3. The van der Waals surface area contributed by atoms with Crippen molar-refractivity contribution in [3.63, 3.8) is 0 Å². The third-order valence-corrected chi connectivity index (χ3v) is 2.94.